The second-order valence-corrected chi connectivity index (χ2v) is 4.32. The summed E-state index contributed by atoms with van der Waals surface area (Å²) >= 11 is 0. The third-order valence-corrected chi connectivity index (χ3v) is 3.15. The van der Waals surface area contributed by atoms with Gasteiger partial charge in [0.05, 0.1) is 5.56 Å². The molecule has 0 amide bonds. The Hall–Kier alpha value is -2.55. The fraction of sp³-hybridized carbons (Fsp3) is 0. The molecule has 0 aliphatic carbocycles. The minimum atomic E-state index is -0.449. The molecule has 2 N–H and O–H groups in total. The van der Waals surface area contributed by atoms with E-state index in [2.05, 4.69) is 0 Å². The summed E-state index contributed by atoms with van der Waals surface area (Å²) < 4.78 is 14.5. The van der Waals surface area contributed by atoms with Crippen LogP contribution in [0.15, 0.2) is 54.6 Å². The van der Waals surface area contributed by atoms with Gasteiger partial charge in [0.15, 0.2) is 0 Å². The van der Waals surface area contributed by atoms with E-state index in [1.54, 1.807) is 24.3 Å². The van der Waals surface area contributed by atoms with Crippen molar-refractivity contribution in [2.24, 2.45) is 0 Å². The second-order valence-electron chi connectivity index (χ2n) is 4.32. The molecule has 3 rings (SSSR count). The Morgan fingerprint density at radius 1 is 0.737 bits per heavy atom. The summed E-state index contributed by atoms with van der Waals surface area (Å²) in [4.78, 5) is 0. The van der Waals surface area contributed by atoms with Crippen molar-refractivity contribution in [1.82, 2.24) is 0 Å². The van der Waals surface area contributed by atoms with E-state index in [9.17, 15) is 14.6 Å². The highest BCUT2D eigenvalue weighted by molar-refractivity contribution is 5.90. The molecule has 3 heteroatoms. The Morgan fingerprint density at radius 3 is 2.16 bits per heavy atom. The van der Waals surface area contributed by atoms with Crippen molar-refractivity contribution in [3.63, 3.8) is 0 Å². The summed E-state index contributed by atoms with van der Waals surface area (Å²) in [5.74, 6) is -0.738. The molecule has 0 bridgehead atoms. The smallest absolute Gasteiger partial charge is 0.139 e. The van der Waals surface area contributed by atoms with Crippen molar-refractivity contribution in [3.05, 3.63) is 60.4 Å². The van der Waals surface area contributed by atoms with Crippen LogP contribution in [0, 0.1) is 5.82 Å². The average Bonchev–Trinajstić information content (AvgIpc) is 2.41. The van der Waals surface area contributed by atoms with Crippen LogP contribution in [0.5, 0.6) is 11.5 Å². The second kappa shape index (κ2) is 4.28. The maximum atomic E-state index is 14.5. The van der Waals surface area contributed by atoms with Crippen molar-refractivity contribution < 1.29 is 14.6 Å². The number of benzene rings is 3. The van der Waals surface area contributed by atoms with Gasteiger partial charge in [-0.3, -0.25) is 0 Å². The Labute approximate surface area is 109 Å². The summed E-state index contributed by atoms with van der Waals surface area (Å²) in [7, 11) is 0. The quantitative estimate of drug-likeness (QED) is 0.687. The predicted octanol–water partition coefficient (Wildman–Crippen LogP) is 4.06. The first-order chi connectivity index (χ1) is 9.18. The lowest BCUT2D eigenvalue weighted by Crippen LogP contribution is -1.88. The number of fused-ring (bicyclic) bond motifs is 1. The van der Waals surface area contributed by atoms with Gasteiger partial charge in [-0.05, 0) is 17.5 Å². The monoisotopic (exact) mass is 254 g/mol. The Morgan fingerprint density at radius 2 is 1.42 bits per heavy atom. The lowest BCUT2D eigenvalue weighted by Gasteiger charge is -2.10. The van der Waals surface area contributed by atoms with Crippen LogP contribution in [0.1, 0.15) is 0 Å². The topological polar surface area (TPSA) is 40.5 Å². The van der Waals surface area contributed by atoms with Crippen molar-refractivity contribution in [2.75, 3.05) is 0 Å². The highest BCUT2D eigenvalue weighted by atomic mass is 19.1. The zero-order chi connectivity index (χ0) is 13.4. The molecular formula is C16H11FO2. The molecular weight excluding hydrogens is 243 g/mol. The zero-order valence-electron chi connectivity index (χ0n) is 9.97. The van der Waals surface area contributed by atoms with Gasteiger partial charge in [-0.25, -0.2) is 4.39 Å². The largest absolute Gasteiger partial charge is 0.507 e. The van der Waals surface area contributed by atoms with Crippen LogP contribution < -0.4 is 0 Å². The number of rotatable bonds is 1. The van der Waals surface area contributed by atoms with E-state index in [1.807, 2.05) is 12.1 Å². The molecule has 3 aromatic rings. The van der Waals surface area contributed by atoms with Crippen molar-refractivity contribution in [2.45, 2.75) is 0 Å². The summed E-state index contributed by atoms with van der Waals surface area (Å²) in [6.45, 7) is 0. The molecule has 0 saturated heterocycles. The van der Waals surface area contributed by atoms with Crippen LogP contribution in [-0.4, -0.2) is 10.2 Å². The van der Waals surface area contributed by atoms with Crippen molar-refractivity contribution in [1.29, 1.82) is 0 Å². The molecule has 0 aliphatic rings. The number of aromatic hydroxyl groups is 2. The van der Waals surface area contributed by atoms with Crippen LogP contribution in [0.3, 0.4) is 0 Å². The Bertz CT molecular complexity index is 746. The first-order valence-corrected chi connectivity index (χ1v) is 5.87. The van der Waals surface area contributed by atoms with Crippen LogP contribution in [0.2, 0.25) is 0 Å². The van der Waals surface area contributed by atoms with E-state index in [-0.39, 0.29) is 22.6 Å². The molecule has 0 atom stereocenters. The predicted molar refractivity (Wildman–Crippen MR) is 72.7 cm³/mol. The van der Waals surface area contributed by atoms with E-state index in [0.717, 1.165) is 5.39 Å². The van der Waals surface area contributed by atoms with E-state index in [1.165, 1.54) is 18.2 Å². The van der Waals surface area contributed by atoms with E-state index < -0.39 is 5.82 Å². The molecule has 19 heavy (non-hydrogen) atoms. The fourth-order valence-corrected chi connectivity index (χ4v) is 2.23. The lowest BCUT2D eigenvalue weighted by atomic mass is 9.99. The molecule has 0 unspecified atom stereocenters. The standard InChI is InChI=1S/C16H11FO2/c17-16-11-5-2-1-4-10(11)8-9-12(16)15-13(18)6-3-7-14(15)19/h1-9,18-19H. The van der Waals surface area contributed by atoms with E-state index in [0.29, 0.717) is 5.39 Å². The maximum Gasteiger partial charge on any atom is 0.139 e. The minimum absolute atomic E-state index is 0.116. The normalized spacial score (nSPS) is 10.8. The number of halogens is 1. The van der Waals surface area contributed by atoms with Gasteiger partial charge in [0.25, 0.3) is 0 Å². The fourth-order valence-electron chi connectivity index (χ4n) is 2.23. The van der Waals surface area contributed by atoms with Gasteiger partial charge >= 0.3 is 0 Å². The Kier molecular flexibility index (Phi) is 2.60. The van der Waals surface area contributed by atoms with Gasteiger partial charge in [-0.2, -0.15) is 0 Å². The number of hydrogen-bond donors (Lipinski definition) is 2. The van der Waals surface area contributed by atoms with E-state index >= 15 is 0 Å². The molecule has 94 valence electrons. The van der Waals surface area contributed by atoms with Gasteiger partial charge in [-0.1, -0.05) is 42.5 Å². The first-order valence-electron chi connectivity index (χ1n) is 5.87. The van der Waals surface area contributed by atoms with Crippen LogP contribution >= 0.6 is 0 Å². The molecule has 0 radical (unpaired) electrons. The van der Waals surface area contributed by atoms with Crippen molar-refractivity contribution >= 4 is 10.8 Å². The molecule has 3 aromatic carbocycles. The summed E-state index contributed by atoms with van der Waals surface area (Å²) in [5.41, 5.74) is 0.306. The summed E-state index contributed by atoms with van der Waals surface area (Å²) in [5, 5.41) is 20.9. The number of phenolic OH excluding ortho intramolecular Hbond substituents is 2. The van der Waals surface area contributed by atoms with E-state index in [4.69, 9.17) is 0 Å². The van der Waals surface area contributed by atoms with Gasteiger partial charge < -0.3 is 10.2 Å². The highest BCUT2D eigenvalue weighted by Gasteiger charge is 2.15. The molecule has 0 spiro atoms. The third-order valence-electron chi connectivity index (χ3n) is 3.15. The molecule has 0 saturated carbocycles. The summed E-state index contributed by atoms with van der Waals surface area (Å²) in [6, 6.07) is 14.7. The van der Waals surface area contributed by atoms with Gasteiger partial charge in [0.1, 0.15) is 17.3 Å². The van der Waals surface area contributed by atoms with Crippen LogP contribution in [0.25, 0.3) is 21.9 Å². The molecule has 0 heterocycles. The highest BCUT2D eigenvalue weighted by Crippen LogP contribution is 2.39. The zero-order valence-corrected chi connectivity index (χ0v) is 9.97. The van der Waals surface area contributed by atoms with Gasteiger partial charge in [0, 0.05) is 10.9 Å². The van der Waals surface area contributed by atoms with Gasteiger partial charge in [-0.15, -0.1) is 0 Å². The molecule has 0 fully saturated rings. The SMILES string of the molecule is Oc1cccc(O)c1-c1ccc2ccccc2c1F. The van der Waals surface area contributed by atoms with Gasteiger partial charge in [0.2, 0.25) is 0 Å². The maximum absolute atomic E-state index is 14.5. The molecule has 0 aromatic heterocycles. The van der Waals surface area contributed by atoms with Crippen LogP contribution in [0.4, 0.5) is 4.39 Å². The minimum Gasteiger partial charge on any atom is -0.507 e. The number of phenols is 2. The molecule has 0 aliphatic heterocycles. The van der Waals surface area contributed by atoms with Crippen molar-refractivity contribution in [3.8, 4) is 22.6 Å². The molecule has 2 nitrogen and oxygen atoms in total. The third kappa shape index (κ3) is 1.80. The number of hydrogen-bond acceptors (Lipinski definition) is 2. The first kappa shape index (κ1) is 11.5. The average molecular weight is 254 g/mol. The lowest BCUT2D eigenvalue weighted by molar-refractivity contribution is 0.453. The Balaban J connectivity index is 2.35. The van der Waals surface area contributed by atoms with Crippen LogP contribution in [-0.2, 0) is 0 Å². The summed E-state index contributed by atoms with van der Waals surface area (Å²) in [6.07, 6.45) is 0.